The summed E-state index contributed by atoms with van der Waals surface area (Å²) in [6, 6.07) is 13.4. The molecular formula is C19H21NO5S. The van der Waals surface area contributed by atoms with Gasteiger partial charge in [0.2, 0.25) is 0 Å². The summed E-state index contributed by atoms with van der Waals surface area (Å²) in [5.74, 6) is -1.31. The molecule has 2 aromatic carbocycles. The minimum absolute atomic E-state index is 0.169. The van der Waals surface area contributed by atoms with Crippen LogP contribution in [0.25, 0.3) is 0 Å². The van der Waals surface area contributed by atoms with Crippen molar-refractivity contribution >= 4 is 27.4 Å². The van der Waals surface area contributed by atoms with Gasteiger partial charge < -0.3 is 10.1 Å². The summed E-state index contributed by atoms with van der Waals surface area (Å²) in [6.07, 6.45) is 0.123. The first-order valence-electron chi connectivity index (χ1n) is 7.99. The van der Waals surface area contributed by atoms with Crippen molar-refractivity contribution in [2.45, 2.75) is 25.7 Å². The Bertz CT molecular complexity index is 904. The van der Waals surface area contributed by atoms with Crippen LogP contribution in [0, 0.1) is 6.92 Å². The fraction of sp³-hybridized carbons (Fsp3) is 0.263. The van der Waals surface area contributed by atoms with Crippen LogP contribution in [0.15, 0.2) is 48.5 Å². The quantitative estimate of drug-likeness (QED) is 0.784. The van der Waals surface area contributed by atoms with Crippen molar-refractivity contribution in [1.29, 1.82) is 0 Å². The second-order valence-electron chi connectivity index (χ2n) is 6.17. The summed E-state index contributed by atoms with van der Waals surface area (Å²) in [4.78, 5) is 24.4. The number of hydrogen-bond donors (Lipinski definition) is 1. The molecule has 0 radical (unpaired) electrons. The number of ether oxygens (including phenoxy) is 1. The highest BCUT2D eigenvalue weighted by atomic mass is 32.2. The second-order valence-corrected chi connectivity index (χ2v) is 8.31. The molecule has 6 nitrogen and oxygen atoms in total. The Morgan fingerprint density at radius 2 is 1.77 bits per heavy atom. The van der Waals surface area contributed by atoms with Crippen molar-refractivity contribution in [3.63, 3.8) is 0 Å². The third-order valence-corrected chi connectivity index (χ3v) is 4.42. The van der Waals surface area contributed by atoms with E-state index in [9.17, 15) is 18.0 Å². The van der Waals surface area contributed by atoms with E-state index in [-0.39, 0.29) is 11.3 Å². The minimum atomic E-state index is -3.21. The average Bonchev–Trinajstić information content (AvgIpc) is 2.55. The topological polar surface area (TPSA) is 89.5 Å². The molecule has 0 heterocycles. The van der Waals surface area contributed by atoms with Crippen molar-refractivity contribution in [3.05, 3.63) is 65.2 Å². The minimum Gasteiger partial charge on any atom is -0.449 e. The van der Waals surface area contributed by atoms with Gasteiger partial charge in [-0.05, 0) is 43.7 Å². The Labute approximate surface area is 153 Å². The normalized spacial score (nSPS) is 12.3. The predicted octanol–water partition coefficient (Wildman–Crippen LogP) is 2.72. The third-order valence-electron chi connectivity index (χ3n) is 3.56. The van der Waals surface area contributed by atoms with Gasteiger partial charge in [-0.25, -0.2) is 13.2 Å². The zero-order chi connectivity index (χ0) is 19.3. The number of anilines is 1. The zero-order valence-electron chi connectivity index (χ0n) is 14.9. The Morgan fingerprint density at radius 3 is 2.38 bits per heavy atom. The number of benzene rings is 2. The molecule has 0 aliphatic heterocycles. The number of rotatable bonds is 6. The summed E-state index contributed by atoms with van der Waals surface area (Å²) < 4.78 is 27.9. The van der Waals surface area contributed by atoms with Crippen molar-refractivity contribution < 1.29 is 22.7 Å². The van der Waals surface area contributed by atoms with Gasteiger partial charge in [0.25, 0.3) is 5.91 Å². The maximum atomic E-state index is 12.2. The van der Waals surface area contributed by atoms with Crippen LogP contribution in [0.4, 0.5) is 5.69 Å². The molecule has 2 aromatic rings. The van der Waals surface area contributed by atoms with Gasteiger partial charge in [0, 0.05) is 11.9 Å². The number of aryl methyl sites for hydroxylation is 1. The summed E-state index contributed by atoms with van der Waals surface area (Å²) >= 11 is 0. The van der Waals surface area contributed by atoms with Gasteiger partial charge in [0.05, 0.1) is 11.3 Å². The maximum Gasteiger partial charge on any atom is 0.338 e. The molecule has 0 aliphatic carbocycles. The lowest BCUT2D eigenvalue weighted by atomic mass is 10.1. The van der Waals surface area contributed by atoms with Crippen LogP contribution < -0.4 is 5.32 Å². The number of carbonyl (C=O) groups is 2. The average molecular weight is 375 g/mol. The van der Waals surface area contributed by atoms with E-state index in [4.69, 9.17) is 4.74 Å². The Kier molecular flexibility index (Phi) is 6.15. The number of hydrogen-bond acceptors (Lipinski definition) is 5. The molecule has 138 valence electrons. The zero-order valence-corrected chi connectivity index (χ0v) is 15.7. The van der Waals surface area contributed by atoms with Gasteiger partial charge in [-0.3, -0.25) is 4.79 Å². The van der Waals surface area contributed by atoms with Gasteiger partial charge in [0.1, 0.15) is 0 Å². The smallest absolute Gasteiger partial charge is 0.338 e. The lowest BCUT2D eigenvalue weighted by molar-refractivity contribution is -0.123. The van der Waals surface area contributed by atoms with Crippen LogP contribution in [0.5, 0.6) is 0 Å². The number of nitrogens with one attached hydrogen (secondary N) is 1. The van der Waals surface area contributed by atoms with Crippen LogP contribution in [-0.4, -0.2) is 32.7 Å². The van der Waals surface area contributed by atoms with Crippen molar-refractivity contribution in [2.24, 2.45) is 0 Å². The SMILES string of the molecule is Cc1ccc(NC(=O)[C@@H](C)OC(=O)c2cccc(CS(C)(=O)=O)c2)cc1. The lowest BCUT2D eigenvalue weighted by Crippen LogP contribution is -2.30. The monoisotopic (exact) mass is 375 g/mol. The molecule has 7 heteroatoms. The fourth-order valence-electron chi connectivity index (χ4n) is 2.25. The first kappa shape index (κ1) is 19.7. The number of carbonyl (C=O) groups excluding carboxylic acids is 2. The van der Waals surface area contributed by atoms with E-state index in [1.165, 1.54) is 19.1 Å². The predicted molar refractivity (Wildman–Crippen MR) is 99.7 cm³/mol. The maximum absolute atomic E-state index is 12.2. The highest BCUT2D eigenvalue weighted by molar-refractivity contribution is 7.89. The molecule has 0 bridgehead atoms. The third kappa shape index (κ3) is 6.00. The molecular weight excluding hydrogens is 354 g/mol. The first-order valence-corrected chi connectivity index (χ1v) is 10.1. The van der Waals surface area contributed by atoms with Gasteiger partial charge >= 0.3 is 5.97 Å². The van der Waals surface area contributed by atoms with E-state index in [0.717, 1.165) is 11.8 Å². The van der Waals surface area contributed by atoms with Crippen molar-refractivity contribution in [2.75, 3.05) is 11.6 Å². The van der Waals surface area contributed by atoms with E-state index < -0.39 is 27.8 Å². The highest BCUT2D eigenvalue weighted by Crippen LogP contribution is 2.13. The van der Waals surface area contributed by atoms with E-state index in [0.29, 0.717) is 11.3 Å². The van der Waals surface area contributed by atoms with E-state index in [1.807, 2.05) is 19.1 Å². The second kappa shape index (κ2) is 8.14. The molecule has 0 spiro atoms. The van der Waals surface area contributed by atoms with Crippen LogP contribution in [0.1, 0.15) is 28.4 Å². The summed E-state index contributed by atoms with van der Waals surface area (Å²) in [7, 11) is -3.21. The molecule has 0 unspecified atom stereocenters. The van der Waals surface area contributed by atoms with Crippen LogP contribution >= 0.6 is 0 Å². The Balaban J connectivity index is 2.01. The Hall–Kier alpha value is -2.67. The Morgan fingerprint density at radius 1 is 1.12 bits per heavy atom. The van der Waals surface area contributed by atoms with E-state index >= 15 is 0 Å². The van der Waals surface area contributed by atoms with Crippen LogP contribution in [0.3, 0.4) is 0 Å². The molecule has 0 fully saturated rings. The lowest BCUT2D eigenvalue weighted by Gasteiger charge is -2.14. The number of amides is 1. The number of sulfone groups is 1. The van der Waals surface area contributed by atoms with Crippen LogP contribution in [0.2, 0.25) is 0 Å². The molecule has 2 rings (SSSR count). The van der Waals surface area contributed by atoms with Gasteiger partial charge in [-0.1, -0.05) is 29.8 Å². The van der Waals surface area contributed by atoms with Crippen molar-refractivity contribution in [1.82, 2.24) is 0 Å². The first-order chi connectivity index (χ1) is 12.1. The molecule has 0 aliphatic rings. The molecule has 1 N–H and O–H groups in total. The standard InChI is InChI=1S/C19H21NO5S/c1-13-7-9-17(10-8-13)20-18(21)14(2)25-19(22)16-6-4-5-15(11-16)12-26(3,23)24/h4-11,14H,12H2,1-3H3,(H,20,21)/t14-/m1/s1. The summed E-state index contributed by atoms with van der Waals surface area (Å²) in [6.45, 7) is 3.41. The van der Waals surface area contributed by atoms with Crippen molar-refractivity contribution in [3.8, 4) is 0 Å². The summed E-state index contributed by atoms with van der Waals surface area (Å²) in [5, 5.41) is 2.67. The van der Waals surface area contributed by atoms with Gasteiger partial charge in [-0.2, -0.15) is 0 Å². The largest absolute Gasteiger partial charge is 0.449 e. The highest BCUT2D eigenvalue weighted by Gasteiger charge is 2.19. The molecule has 1 amide bonds. The molecule has 1 atom stereocenters. The molecule has 0 saturated heterocycles. The molecule has 26 heavy (non-hydrogen) atoms. The number of esters is 1. The van der Waals surface area contributed by atoms with Crippen LogP contribution in [-0.2, 0) is 25.1 Å². The molecule has 0 saturated carbocycles. The van der Waals surface area contributed by atoms with E-state index in [2.05, 4.69) is 5.32 Å². The molecule has 0 aromatic heterocycles. The van der Waals surface area contributed by atoms with Gasteiger partial charge in [0.15, 0.2) is 15.9 Å². The summed E-state index contributed by atoms with van der Waals surface area (Å²) in [5.41, 5.74) is 2.36. The van der Waals surface area contributed by atoms with Gasteiger partial charge in [-0.15, -0.1) is 0 Å². The fourth-order valence-corrected chi connectivity index (χ4v) is 3.04. The van der Waals surface area contributed by atoms with E-state index in [1.54, 1.807) is 24.3 Å².